The van der Waals surface area contributed by atoms with E-state index in [4.69, 9.17) is 21.7 Å². The average molecular weight is 528 g/mol. The lowest BCUT2D eigenvalue weighted by atomic mass is 10.2. The molecule has 36 heavy (non-hydrogen) atoms. The Kier molecular flexibility index (Phi) is 9.80. The van der Waals surface area contributed by atoms with E-state index in [-0.39, 0.29) is 16.0 Å². The van der Waals surface area contributed by atoms with Crippen molar-refractivity contribution in [1.29, 1.82) is 0 Å². The predicted octanol–water partition coefficient (Wildman–Crippen LogP) is 4.35. The van der Waals surface area contributed by atoms with Crippen molar-refractivity contribution in [3.63, 3.8) is 0 Å². The van der Waals surface area contributed by atoms with Crippen LogP contribution in [0.5, 0.6) is 11.5 Å². The quantitative estimate of drug-likeness (QED) is 0.252. The van der Waals surface area contributed by atoms with E-state index in [0.29, 0.717) is 36.6 Å². The molecule has 0 aliphatic heterocycles. The molecule has 0 heterocycles. The number of benzene rings is 3. The molecule has 0 aliphatic carbocycles. The minimum Gasteiger partial charge on any atom is -0.490 e. The van der Waals surface area contributed by atoms with Gasteiger partial charge in [0.1, 0.15) is 24.7 Å². The summed E-state index contributed by atoms with van der Waals surface area (Å²) in [4.78, 5) is 12.8. The highest BCUT2D eigenvalue weighted by molar-refractivity contribution is 7.89. The van der Waals surface area contributed by atoms with Crippen LogP contribution in [0.3, 0.4) is 0 Å². The molecule has 0 fully saturated rings. The molecule has 0 radical (unpaired) electrons. The van der Waals surface area contributed by atoms with Crippen LogP contribution >= 0.6 is 12.2 Å². The molecular formula is C26H29N3O5S2. The van der Waals surface area contributed by atoms with Crippen LogP contribution in [0.15, 0.2) is 83.8 Å². The van der Waals surface area contributed by atoms with Gasteiger partial charge in [-0.2, -0.15) is 0 Å². The number of hydrogen-bond acceptors (Lipinski definition) is 6. The minimum atomic E-state index is -3.60. The third-order valence-electron chi connectivity index (χ3n) is 5.08. The molecule has 3 rings (SSSR count). The molecule has 10 heteroatoms. The van der Waals surface area contributed by atoms with Crippen molar-refractivity contribution >= 4 is 38.9 Å². The summed E-state index contributed by atoms with van der Waals surface area (Å²) in [6.07, 6.45) is 0.685. The molecular weight excluding hydrogens is 498 g/mol. The summed E-state index contributed by atoms with van der Waals surface area (Å²) < 4.78 is 38.6. The molecule has 190 valence electrons. The van der Waals surface area contributed by atoms with Gasteiger partial charge in [-0.1, -0.05) is 31.2 Å². The fourth-order valence-corrected chi connectivity index (χ4v) is 4.57. The second-order valence-corrected chi connectivity index (χ2v) is 10.0. The summed E-state index contributed by atoms with van der Waals surface area (Å²) >= 11 is 5.23. The van der Waals surface area contributed by atoms with Gasteiger partial charge in [0.25, 0.3) is 5.91 Å². The molecule has 0 aliphatic rings. The lowest BCUT2D eigenvalue weighted by Gasteiger charge is -2.13. The fourth-order valence-electron chi connectivity index (χ4n) is 3.03. The largest absolute Gasteiger partial charge is 0.490 e. The normalized spacial score (nSPS) is 11.8. The molecule has 0 spiro atoms. The second-order valence-electron chi connectivity index (χ2n) is 7.90. The van der Waals surface area contributed by atoms with Crippen molar-refractivity contribution in [2.45, 2.75) is 31.2 Å². The fraction of sp³-hybridized carbons (Fsp3) is 0.231. The van der Waals surface area contributed by atoms with Gasteiger partial charge in [-0.3, -0.25) is 10.1 Å². The maximum Gasteiger partial charge on any atom is 0.257 e. The number of carbonyl (C=O) groups excluding carboxylic acids is 1. The second kappa shape index (κ2) is 13.0. The number of rotatable bonds is 11. The Morgan fingerprint density at radius 2 is 1.56 bits per heavy atom. The standard InChI is InChI=1S/C26H29N3O5S2/c1-3-19(2)29-36(31,32)24-14-12-21(13-15-24)27-26(35)28-25(30)20-8-7-11-23(18-20)34-17-16-33-22-9-5-4-6-10-22/h4-15,18-19,29H,3,16-17H2,1-2H3,(H2,27,28,30,35). The Hall–Kier alpha value is -3.47. The van der Waals surface area contributed by atoms with Gasteiger partial charge in [0.05, 0.1) is 4.90 Å². The van der Waals surface area contributed by atoms with E-state index in [2.05, 4.69) is 15.4 Å². The Bertz CT molecular complexity index is 1270. The summed E-state index contributed by atoms with van der Waals surface area (Å²) in [7, 11) is -3.60. The first-order chi connectivity index (χ1) is 17.3. The van der Waals surface area contributed by atoms with Crippen LogP contribution in [0.25, 0.3) is 0 Å². The summed E-state index contributed by atoms with van der Waals surface area (Å²) in [6, 6.07) is 22.1. The monoisotopic (exact) mass is 527 g/mol. The van der Waals surface area contributed by atoms with Crippen LogP contribution < -0.4 is 24.8 Å². The zero-order valence-electron chi connectivity index (χ0n) is 20.1. The van der Waals surface area contributed by atoms with Crippen LogP contribution in [0.2, 0.25) is 0 Å². The number of amides is 1. The molecule has 0 aromatic heterocycles. The van der Waals surface area contributed by atoms with E-state index in [1.54, 1.807) is 43.3 Å². The van der Waals surface area contributed by atoms with E-state index in [0.717, 1.165) is 5.75 Å². The molecule has 8 nitrogen and oxygen atoms in total. The van der Waals surface area contributed by atoms with Gasteiger partial charge in [-0.05, 0) is 80.2 Å². The molecule has 3 aromatic carbocycles. The van der Waals surface area contributed by atoms with Crippen molar-refractivity contribution < 1.29 is 22.7 Å². The summed E-state index contributed by atoms with van der Waals surface area (Å²) in [5.41, 5.74) is 0.913. The number of hydrogen-bond donors (Lipinski definition) is 3. The number of thiocarbonyl (C=S) groups is 1. The minimum absolute atomic E-state index is 0.0796. The first-order valence-corrected chi connectivity index (χ1v) is 13.3. The Morgan fingerprint density at radius 1 is 0.917 bits per heavy atom. The van der Waals surface area contributed by atoms with Crippen molar-refractivity contribution in [3.05, 3.63) is 84.4 Å². The zero-order valence-corrected chi connectivity index (χ0v) is 21.7. The van der Waals surface area contributed by atoms with Crippen molar-refractivity contribution in [2.75, 3.05) is 18.5 Å². The SMILES string of the molecule is CCC(C)NS(=O)(=O)c1ccc(NC(=S)NC(=O)c2cccc(OCCOc3ccccc3)c2)cc1. The van der Waals surface area contributed by atoms with Crippen molar-refractivity contribution in [1.82, 2.24) is 10.0 Å². The van der Waals surface area contributed by atoms with E-state index in [1.807, 2.05) is 37.3 Å². The van der Waals surface area contributed by atoms with Gasteiger partial charge >= 0.3 is 0 Å². The molecule has 0 bridgehead atoms. The molecule has 3 aromatic rings. The van der Waals surface area contributed by atoms with Crippen LogP contribution in [0.1, 0.15) is 30.6 Å². The van der Waals surface area contributed by atoms with Crippen molar-refractivity contribution in [2.24, 2.45) is 0 Å². The maximum absolute atomic E-state index is 12.6. The van der Waals surface area contributed by atoms with E-state index in [9.17, 15) is 13.2 Å². The smallest absolute Gasteiger partial charge is 0.257 e. The topological polar surface area (TPSA) is 106 Å². The molecule has 0 saturated carbocycles. The molecule has 3 N–H and O–H groups in total. The number of ether oxygens (including phenoxy) is 2. The van der Waals surface area contributed by atoms with Gasteiger partial charge in [0, 0.05) is 17.3 Å². The summed E-state index contributed by atoms with van der Waals surface area (Å²) in [5.74, 6) is 0.880. The maximum atomic E-state index is 12.6. The average Bonchev–Trinajstić information content (AvgIpc) is 2.87. The first kappa shape index (κ1) is 27.1. The number of carbonyl (C=O) groups is 1. The Balaban J connectivity index is 1.49. The van der Waals surface area contributed by atoms with Crippen molar-refractivity contribution in [3.8, 4) is 11.5 Å². The third-order valence-corrected chi connectivity index (χ3v) is 6.89. The predicted molar refractivity (Wildman–Crippen MR) is 144 cm³/mol. The Morgan fingerprint density at radius 3 is 2.22 bits per heavy atom. The van der Waals surface area contributed by atoms with Gasteiger partial charge in [-0.15, -0.1) is 0 Å². The molecule has 1 unspecified atom stereocenters. The van der Waals surface area contributed by atoms with Crippen LogP contribution in [-0.4, -0.2) is 38.7 Å². The molecule has 1 atom stereocenters. The summed E-state index contributed by atoms with van der Waals surface area (Å²) in [5, 5.41) is 5.57. The highest BCUT2D eigenvalue weighted by Crippen LogP contribution is 2.16. The summed E-state index contributed by atoms with van der Waals surface area (Å²) in [6.45, 7) is 4.39. The number of para-hydroxylation sites is 1. The van der Waals surface area contributed by atoms with Crippen LogP contribution in [-0.2, 0) is 10.0 Å². The van der Waals surface area contributed by atoms with E-state index in [1.165, 1.54) is 12.1 Å². The number of nitrogens with one attached hydrogen (secondary N) is 3. The molecule has 1 amide bonds. The van der Waals surface area contributed by atoms with E-state index < -0.39 is 15.9 Å². The van der Waals surface area contributed by atoms with Gasteiger partial charge < -0.3 is 14.8 Å². The third kappa shape index (κ3) is 8.33. The molecule has 0 saturated heterocycles. The van der Waals surface area contributed by atoms with Gasteiger partial charge in [0.2, 0.25) is 10.0 Å². The highest BCUT2D eigenvalue weighted by atomic mass is 32.2. The lowest BCUT2D eigenvalue weighted by molar-refractivity contribution is 0.0977. The van der Waals surface area contributed by atoms with Crippen LogP contribution in [0.4, 0.5) is 5.69 Å². The van der Waals surface area contributed by atoms with Gasteiger partial charge in [0.15, 0.2) is 5.11 Å². The number of anilines is 1. The lowest BCUT2D eigenvalue weighted by Crippen LogP contribution is -2.34. The first-order valence-electron chi connectivity index (χ1n) is 11.4. The highest BCUT2D eigenvalue weighted by Gasteiger charge is 2.16. The Labute approximate surface area is 217 Å². The van der Waals surface area contributed by atoms with Gasteiger partial charge in [-0.25, -0.2) is 13.1 Å². The van der Waals surface area contributed by atoms with Crippen LogP contribution in [0, 0.1) is 0 Å². The zero-order chi connectivity index (χ0) is 26.0. The van der Waals surface area contributed by atoms with E-state index >= 15 is 0 Å². The number of sulfonamides is 1.